The molecule has 0 saturated heterocycles. The number of benzene rings is 1. The Morgan fingerprint density at radius 3 is 2.41 bits per heavy atom. The molecule has 1 aromatic carbocycles. The van der Waals surface area contributed by atoms with Crippen LogP contribution in [0.5, 0.6) is 5.75 Å². The van der Waals surface area contributed by atoms with Crippen LogP contribution in [0.2, 0.25) is 0 Å². The van der Waals surface area contributed by atoms with E-state index in [-0.39, 0.29) is 12.4 Å². The van der Waals surface area contributed by atoms with Gasteiger partial charge in [0.15, 0.2) is 0 Å². The van der Waals surface area contributed by atoms with Crippen LogP contribution < -0.4 is 4.90 Å². The largest absolute Gasteiger partial charge is 0.506 e. The van der Waals surface area contributed by atoms with Crippen molar-refractivity contribution in [1.82, 2.24) is 0 Å². The van der Waals surface area contributed by atoms with E-state index in [0.29, 0.717) is 5.75 Å². The van der Waals surface area contributed by atoms with Gasteiger partial charge >= 0.3 is 0 Å². The molecule has 0 atom stereocenters. The maximum Gasteiger partial charge on any atom is 0.139 e. The second kappa shape index (κ2) is 10.8. The highest BCUT2D eigenvalue weighted by atomic mass is 35.5. The van der Waals surface area contributed by atoms with Crippen LogP contribution in [0.3, 0.4) is 0 Å². The Balaban J connectivity index is 0.00000242. The molecule has 0 amide bonds. The van der Waals surface area contributed by atoms with Gasteiger partial charge in [0.05, 0.1) is 5.69 Å². The highest BCUT2D eigenvalue weighted by molar-refractivity contribution is 5.85. The summed E-state index contributed by atoms with van der Waals surface area (Å²) in [4.78, 5) is 2.39. The molecular formula is C19H32ClNO. The van der Waals surface area contributed by atoms with Crippen molar-refractivity contribution >= 4 is 18.1 Å². The van der Waals surface area contributed by atoms with E-state index in [9.17, 15) is 5.11 Å². The number of aromatic hydroxyl groups is 1. The summed E-state index contributed by atoms with van der Waals surface area (Å²) in [7, 11) is 0. The molecule has 2 nitrogen and oxygen atoms in total. The summed E-state index contributed by atoms with van der Waals surface area (Å²) in [5, 5.41) is 10.1. The summed E-state index contributed by atoms with van der Waals surface area (Å²) in [5.41, 5.74) is 2.42. The first-order valence-corrected chi connectivity index (χ1v) is 8.88. The number of rotatable bonds is 9. The Bertz CT molecular complexity index is 422. The number of para-hydroxylation sites is 1. The van der Waals surface area contributed by atoms with Crippen molar-refractivity contribution in [3.63, 3.8) is 0 Å². The van der Waals surface area contributed by atoms with E-state index in [2.05, 4.69) is 17.9 Å². The first kappa shape index (κ1) is 19.2. The molecule has 126 valence electrons. The molecule has 0 radical (unpaired) electrons. The third-order valence-electron chi connectivity index (χ3n) is 4.57. The van der Waals surface area contributed by atoms with Gasteiger partial charge in [0.1, 0.15) is 5.75 Å². The predicted octanol–water partition coefficient (Wildman–Crippen LogP) is 5.71. The molecule has 1 N–H and O–H groups in total. The van der Waals surface area contributed by atoms with E-state index in [1.807, 2.05) is 12.1 Å². The molecule has 0 aromatic heterocycles. The minimum Gasteiger partial charge on any atom is -0.506 e. The minimum absolute atomic E-state index is 0. The molecule has 22 heavy (non-hydrogen) atoms. The fraction of sp³-hybridized carbons (Fsp3) is 0.684. The second-order valence-corrected chi connectivity index (χ2v) is 6.35. The number of fused-ring (bicyclic) bond motifs is 1. The van der Waals surface area contributed by atoms with Crippen LogP contribution in [0.25, 0.3) is 0 Å². The first-order chi connectivity index (χ1) is 10.3. The number of unbranched alkanes of at least 4 members (excludes halogenated alkanes) is 7. The number of phenolic OH excluding ortho intramolecular Hbond substituents is 1. The summed E-state index contributed by atoms with van der Waals surface area (Å²) in [6.07, 6.45) is 13.2. The second-order valence-electron chi connectivity index (χ2n) is 6.35. The van der Waals surface area contributed by atoms with Crippen LogP contribution in [0.4, 0.5) is 5.69 Å². The third-order valence-corrected chi connectivity index (χ3v) is 4.57. The Morgan fingerprint density at radius 2 is 1.68 bits per heavy atom. The molecule has 0 spiro atoms. The lowest BCUT2D eigenvalue weighted by atomic mass is 10.0. The van der Waals surface area contributed by atoms with Crippen LogP contribution in [0, 0.1) is 0 Å². The number of aryl methyl sites for hydroxylation is 1. The van der Waals surface area contributed by atoms with E-state index in [1.165, 1.54) is 63.4 Å². The number of hydrogen-bond donors (Lipinski definition) is 1. The lowest BCUT2D eigenvalue weighted by molar-refractivity contribution is 0.469. The SMILES string of the molecule is CCCCCCCCCCN1CCCc2cccc(O)c21.Cl. The van der Waals surface area contributed by atoms with Crippen LogP contribution >= 0.6 is 12.4 Å². The molecule has 0 unspecified atom stereocenters. The normalized spacial score (nSPS) is 13.6. The van der Waals surface area contributed by atoms with Crippen LogP contribution in [-0.2, 0) is 6.42 Å². The molecule has 0 bridgehead atoms. The van der Waals surface area contributed by atoms with E-state index in [1.54, 1.807) is 0 Å². The van der Waals surface area contributed by atoms with Crippen LogP contribution in [0.15, 0.2) is 18.2 Å². The van der Waals surface area contributed by atoms with Gasteiger partial charge in [0, 0.05) is 13.1 Å². The molecular weight excluding hydrogens is 294 g/mol. The smallest absolute Gasteiger partial charge is 0.139 e. The van der Waals surface area contributed by atoms with Gasteiger partial charge in [-0.05, 0) is 30.9 Å². The third kappa shape index (κ3) is 5.72. The van der Waals surface area contributed by atoms with Crippen molar-refractivity contribution < 1.29 is 5.11 Å². The fourth-order valence-electron chi connectivity index (χ4n) is 3.38. The van der Waals surface area contributed by atoms with Crippen molar-refractivity contribution in [3.05, 3.63) is 23.8 Å². The maximum atomic E-state index is 10.1. The number of phenols is 1. The van der Waals surface area contributed by atoms with Gasteiger partial charge in [0.2, 0.25) is 0 Å². The molecule has 2 rings (SSSR count). The van der Waals surface area contributed by atoms with Gasteiger partial charge in [-0.2, -0.15) is 0 Å². The van der Waals surface area contributed by atoms with Crippen molar-refractivity contribution in [2.24, 2.45) is 0 Å². The lowest BCUT2D eigenvalue weighted by Gasteiger charge is -2.31. The van der Waals surface area contributed by atoms with Crippen molar-refractivity contribution in [3.8, 4) is 5.75 Å². The summed E-state index contributed by atoms with van der Waals surface area (Å²) in [6, 6.07) is 5.95. The highest BCUT2D eigenvalue weighted by Crippen LogP contribution is 2.35. The van der Waals surface area contributed by atoms with E-state index in [0.717, 1.165) is 25.2 Å². The molecule has 1 aliphatic rings. The quantitative estimate of drug-likeness (QED) is 0.588. The zero-order chi connectivity index (χ0) is 14.9. The highest BCUT2D eigenvalue weighted by Gasteiger charge is 2.19. The molecule has 0 saturated carbocycles. The summed E-state index contributed by atoms with van der Waals surface area (Å²) >= 11 is 0. The van der Waals surface area contributed by atoms with Crippen molar-refractivity contribution in [1.29, 1.82) is 0 Å². The van der Waals surface area contributed by atoms with Gasteiger partial charge in [-0.15, -0.1) is 12.4 Å². The van der Waals surface area contributed by atoms with Crippen LogP contribution in [-0.4, -0.2) is 18.2 Å². The number of nitrogens with zero attached hydrogens (tertiary/aromatic N) is 1. The van der Waals surface area contributed by atoms with E-state index < -0.39 is 0 Å². The molecule has 3 heteroatoms. The summed E-state index contributed by atoms with van der Waals surface area (Å²) in [5.74, 6) is 0.465. The van der Waals surface area contributed by atoms with Crippen molar-refractivity contribution in [2.45, 2.75) is 71.1 Å². The standard InChI is InChI=1S/C19H31NO.ClH/c1-2-3-4-5-6-7-8-9-15-20-16-11-13-17-12-10-14-18(21)19(17)20;/h10,12,14,21H,2-9,11,13,15-16H2,1H3;1H. The number of halogens is 1. The molecule has 0 aliphatic carbocycles. The Labute approximate surface area is 142 Å². The van der Waals surface area contributed by atoms with Gasteiger partial charge in [-0.3, -0.25) is 0 Å². The van der Waals surface area contributed by atoms with Gasteiger partial charge in [-0.1, -0.05) is 64.0 Å². The Morgan fingerprint density at radius 1 is 1.00 bits per heavy atom. The monoisotopic (exact) mass is 325 g/mol. The predicted molar refractivity (Wildman–Crippen MR) is 98.5 cm³/mol. The number of anilines is 1. The zero-order valence-electron chi connectivity index (χ0n) is 14.0. The minimum atomic E-state index is 0. The summed E-state index contributed by atoms with van der Waals surface area (Å²) < 4.78 is 0. The topological polar surface area (TPSA) is 23.5 Å². The molecule has 1 aromatic rings. The van der Waals surface area contributed by atoms with Gasteiger partial charge in [-0.25, -0.2) is 0 Å². The van der Waals surface area contributed by atoms with Crippen LogP contribution in [0.1, 0.15) is 70.3 Å². The van der Waals surface area contributed by atoms with E-state index in [4.69, 9.17) is 0 Å². The molecule has 0 fully saturated rings. The van der Waals surface area contributed by atoms with Gasteiger partial charge in [0.25, 0.3) is 0 Å². The number of hydrogen-bond acceptors (Lipinski definition) is 2. The maximum absolute atomic E-state index is 10.1. The Hall–Kier alpha value is -0.890. The molecule has 1 aliphatic heterocycles. The summed E-state index contributed by atoms with van der Waals surface area (Å²) in [6.45, 7) is 4.46. The van der Waals surface area contributed by atoms with Crippen molar-refractivity contribution in [2.75, 3.05) is 18.0 Å². The average Bonchev–Trinajstić information content (AvgIpc) is 2.50. The first-order valence-electron chi connectivity index (χ1n) is 8.88. The van der Waals surface area contributed by atoms with Gasteiger partial charge < -0.3 is 10.0 Å². The van der Waals surface area contributed by atoms with E-state index >= 15 is 0 Å². The molecule has 1 heterocycles. The fourth-order valence-corrected chi connectivity index (χ4v) is 3.38. The lowest BCUT2D eigenvalue weighted by Crippen LogP contribution is -2.30. The average molecular weight is 326 g/mol. The zero-order valence-corrected chi connectivity index (χ0v) is 14.8. The Kier molecular flexibility index (Phi) is 9.38.